The quantitative estimate of drug-likeness (QED) is 0.698. The van der Waals surface area contributed by atoms with E-state index in [0.29, 0.717) is 11.3 Å². The molecule has 116 valence electrons. The molecule has 5 heteroatoms. The lowest BCUT2D eigenvalue weighted by Gasteiger charge is -2.08. The van der Waals surface area contributed by atoms with Gasteiger partial charge in [0, 0.05) is 32.8 Å². The summed E-state index contributed by atoms with van der Waals surface area (Å²) in [6.07, 6.45) is 1.89. The Morgan fingerprint density at radius 3 is 2.70 bits per heavy atom. The molecule has 2 aromatic carbocycles. The van der Waals surface area contributed by atoms with E-state index in [1.54, 1.807) is 24.3 Å². The van der Waals surface area contributed by atoms with E-state index in [-0.39, 0.29) is 18.2 Å². The number of aromatic nitrogens is 1. The van der Waals surface area contributed by atoms with Gasteiger partial charge in [0.05, 0.1) is 0 Å². The molecule has 0 bridgehead atoms. The van der Waals surface area contributed by atoms with Crippen molar-refractivity contribution >= 4 is 44.2 Å². The molecule has 0 spiro atoms. The van der Waals surface area contributed by atoms with Crippen LogP contribution in [0.4, 0.5) is 5.69 Å². The Kier molecular flexibility index (Phi) is 4.30. The number of Topliss-reactive ketones (excluding diaryl/α,β-unsaturated/α-hetero) is 1. The van der Waals surface area contributed by atoms with Crippen LogP contribution in [0.25, 0.3) is 10.9 Å². The number of hydrogen-bond acceptors (Lipinski definition) is 2. The van der Waals surface area contributed by atoms with Gasteiger partial charge < -0.3 is 9.88 Å². The molecule has 1 N–H and O–H groups in total. The van der Waals surface area contributed by atoms with E-state index in [9.17, 15) is 9.59 Å². The predicted octanol–water partition coefficient (Wildman–Crippen LogP) is 4.25. The molecule has 4 nitrogen and oxygen atoms in total. The lowest BCUT2D eigenvalue weighted by atomic mass is 10.1. The zero-order valence-electron chi connectivity index (χ0n) is 12.5. The number of halogens is 1. The Balaban J connectivity index is 1.78. The fourth-order valence-corrected chi connectivity index (χ4v) is 2.98. The van der Waals surface area contributed by atoms with E-state index in [2.05, 4.69) is 21.2 Å². The van der Waals surface area contributed by atoms with Crippen molar-refractivity contribution in [3.63, 3.8) is 0 Å². The first kappa shape index (κ1) is 15.5. The zero-order valence-corrected chi connectivity index (χ0v) is 14.1. The van der Waals surface area contributed by atoms with E-state index >= 15 is 0 Å². The van der Waals surface area contributed by atoms with Gasteiger partial charge in [-0.2, -0.15) is 0 Å². The Labute approximate surface area is 142 Å². The van der Waals surface area contributed by atoms with Crippen molar-refractivity contribution in [2.75, 3.05) is 5.32 Å². The standard InChI is InChI=1S/C18H15BrN2O2/c1-12(22)13-4-2-5-14(10-13)20-18(23)11-21-9-8-15-16(19)6-3-7-17(15)21/h2-10H,11H2,1H3,(H,20,23). The van der Waals surface area contributed by atoms with Crippen molar-refractivity contribution in [1.82, 2.24) is 4.57 Å². The van der Waals surface area contributed by atoms with Gasteiger partial charge in [0.1, 0.15) is 6.54 Å². The summed E-state index contributed by atoms with van der Waals surface area (Å²) >= 11 is 3.51. The first-order valence-corrected chi connectivity index (χ1v) is 7.98. The summed E-state index contributed by atoms with van der Waals surface area (Å²) in [5.74, 6) is -0.162. The number of hydrogen-bond donors (Lipinski definition) is 1. The number of nitrogens with zero attached hydrogens (tertiary/aromatic N) is 1. The number of carbonyl (C=O) groups excluding carboxylic acids is 2. The van der Waals surface area contributed by atoms with Crippen LogP contribution in [0, 0.1) is 0 Å². The fourth-order valence-electron chi connectivity index (χ4n) is 2.49. The molecule has 0 saturated heterocycles. The second kappa shape index (κ2) is 6.38. The van der Waals surface area contributed by atoms with Gasteiger partial charge in [-0.25, -0.2) is 0 Å². The van der Waals surface area contributed by atoms with Gasteiger partial charge >= 0.3 is 0 Å². The summed E-state index contributed by atoms with van der Waals surface area (Å²) in [7, 11) is 0. The van der Waals surface area contributed by atoms with E-state index in [0.717, 1.165) is 15.4 Å². The Hall–Kier alpha value is -2.40. The van der Waals surface area contributed by atoms with Gasteiger partial charge in [-0.3, -0.25) is 9.59 Å². The molecule has 1 amide bonds. The number of carbonyl (C=O) groups is 2. The second-order valence-electron chi connectivity index (χ2n) is 5.30. The summed E-state index contributed by atoms with van der Waals surface area (Å²) in [6.45, 7) is 1.72. The molecule has 1 aromatic heterocycles. The number of anilines is 1. The Morgan fingerprint density at radius 2 is 1.91 bits per heavy atom. The molecule has 3 aromatic rings. The maximum atomic E-state index is 12.3. The highest BCUT2D eigenvalue weighted by Crippen LogP contribution is 2.24. The minimum Gasteiger partial charge on any atom is -0.338 e. The molecule has 0 unspecified atom stereocenters. The van der Waals surface area contributed by atoms with Gasteiger partial charge in [-0.05, 0) is 37.3 Å². The summed E-state index contributed by atoms with van der Waals surface area (Å²) in [5, 5.41) is 3.90. The third-order valence-corrected chi connectivity index (χ3v) is 4.32. The van der Waals surface area contributed by atoms with Gasteiger partial charge in [0.25, 0.3) is 0 Å². The topological polar surface area (TPSA) is 51.1 Å². The first-order valence-electron chi connectivity index (χ1n) is 7.19. The number of ketones is 1. The molecule has 0 atom stereocenters. The average Bonchev–Trinajstić information content (AvgIpc) is 2.92. The van der Waals surface area contributed by atoms with Crippen LogP contribution in [-0.2, 0) is 11.3 Å². The van der Waals surface area contributed by atoms with Crippen LogP contribution in [0.2, 0.25) is 0 Å². The number of rotatable bonds is 4. The third kappa shape index (κ3) is 3.35. The van der Waals surface area contributed by atoms with Gasteiger partial charge in [-0.1, -0.05) is 34.1 Å². The Morgan fingerprint density at radius 1 is 1.13 bits per heavy atom. The second-order valence-corrected chi connectivity index (χ2v) is 6.16. The SMILES string of the molecule is CC(=O)c1cccc(NC(=O)Cn2ccc3c(Br)cccc32)c1. The highest BCUT2D eigenvalue weighted by molar-refractivity contribution is 9.10. The highest BCUT2D eigenvalue weighted by Gasteiger charge is 2.09. The van der Waals surface area contributed by atoms with Gasteiger partial charge in [0.15, 0.2) is 5.78 Å². The maximum Gasteiger partial charge on any atom is 0.244 e. The number of amides is 1. The maximum absolute atomic E-state index is 12.3. The minimum absolute atomic E-state index is 0.0256. The highest BCUT2D eigenvalue weighted by atomic mass is 79.9. The van der Waals surface area contributed by atoms with Crippen molar-refractivity contribution < 1.29 is 9.59 Å². The molecule has 0 aliphatic rings. The number of fused-ring (bicyclic) bond motifs is 1. The van der Waals surface area contributed by atoms with Crippen LogP contribution < -0.4 is 5.32 Å². The van der Waals surface area contributed by atoms with Crippen molar-refractivity contribution in [2.45, 2.75) is 13.5 Å². The normalized spacial score (nSPS) is 10.7. The Bertz CT molecular complexity index is 899. The lowest BCUT2D eigenvalue weighted by molar-refractivity contribution is -0.116. The van der Waals surface area contributed by atoms with Crippen molar-refractivity contribution in [2.24, 2.45) is 0 Å². The zero-order chi connectivity index (χ0) is 16.4. The fraction of sp³-hybridized carbons (Fsp3) is 0.111. The molecule has 3 rings (SSSR count). The van der Waals surface area contributed by atoms with E-state index in [1.165, 1.54) is 6.92 Å². The summed E-state index contributed by atoms with van der Waals surface area (Å²) < 4.78 is 2.90. The van der Waals surface area contributed by atoms with E-state index in [4.69, 9.17) is 0 Å². The monoisotopic (exact) mass is 370 g/mol. The molecule has 0 fully saturated rings. The van der Waals surface area contributed by atoms with Gasteiger partial charge in [0.2, 0.25) is 5.91 Å². The van der Waals surface area contributed by atoms with Crippen LogP contribution in [0.15, 0.2) is 59.2 Å². The van der Waals surface area contributed by atoms with Crippen LogP contribution in [0.3, 0.4) is 0 Å². The van der Waals surface area contributed by atoms with Crippen LogP contribution in [-0.4, -0.2) is 16.3 Å². The molecule has 0 aliphatic heterocycles. The largest absolute Gasteiger partial charge is 0.338 e. The summed E-state index contributed by atoms with van der Waals surface area (Å²) in [5.41, 5.74) is 2.20. The van der Waals surface area contributed by atoms with Crippen molar-refractivity contribution in [3.05, 3.63) is 64.8 Å². The number of nitrogens with one attached hydrogen (secondary N) is 1. The third-order valence-electron chi connectivity index (χ3n) is 3.63. The van der Waals surface area contributed by atoms with Crippen LogP contribution in [0.5, 0.6) is 0 Å². The molecule has 0 saturated carbocycles. The van der Waals surface area contributed by atoms with Crippen LogP contribution in [0.1, 0.15) is 17.3 Å². The van der Waals surface area contributed by atoms with Crippen molar-refractivity contribution in [1.29, 1.82) is 0 Å². The van der Waals surface area contributed by atoms with Gasteiger partial charge in [-0.15, -0.1) is 0 Å². The molecular weight excluding hydrogens is 356 g/mol. The lowest BCUT2D eigenvalue weighted by Crippen LogP contribution is -2.18. The van der Waals surface area contributed by atoms with Crippen LogP contribution >= 0.6 is 15.9 Å². The smallest absolute Gasteiger partial charge is 0.244 e. The van der Waals surface area contributed by atoms with E-state index < -0.39 is 0 Å². The molecule has 0 radical (unpaired) electrons. The average molecular weight is 371 g/mol. The number of benzene rings is 2. The summed E-state index contributed by atoms with van der Waals surface area (Å²) in [4.78, 5) is 23.7. The molecule has 0 aliphatic carbocycles. The van der Waals surface area contributed by atoms with Crippen molar-refractivity contribution in [3.8, 4) is 0 Å². The molecule has 1 heterocycles. The minimum atomic E-state index is -0.136. The summed E-state index contributed by atoms with van der Waals surface area (Å²) in [6, 6.07) is 14.8. The molecular formula is C18H15BrN2O2. The van der Waals surface area contributed by atoms with E-state index in [1.807, 2.05) is 35.0 Å². The molecule has 23 heavy (non-hydrogen) atoms. The predicted molar refractivity (Wildman–Crippen MR) is 94.7 cm³/mol. The first-order chi connectivity index (χ1) is 11.0.